The predicted octanol–water partition coefficient (Wildman–Crippen LogP) is 2.74. The molecule has 0 saturated carbocycles. The van der Waals surface area contributed by atoms with Crippen LogP contribution in [0.5, 0.6) is 5.75 Å². The smallest absolute Gasteiger partial charge is 0.306 e. The van der Waals surface area contributed by atoms with Gasteiger partial charge in [0, 0.05) is 17.4 Å². The van der Waals surface area contributed by atoms with Crippen LogP contribution in [0, 0.1) is 0 Å². The summed E-state index contributed by atoms with van der Waals surface area (Å²) in [5.41, 5.74) is 0.631. The molecule has 6 heteroatoms. The van der Waals surface area contributed by atoms with Gasteiger partial charge in [-0.15, -0.1) is 0 Å². The van der Waals surface area contributed by atoms with Gasteiger partial charge in [-0.05, 0) is 37.1 Å². The number of anilines is 1. The fourth-order valence-electron chi connectivity index (χ4n) is 1.45. The second kappa shape index (κ2) is 9.36. The molecule has 0 spiro atoms. The number of amides is 1. The number of benzene rings is 1. The Kier molecular flexibility index (Phi) is 7.72. The van der Waals surface area contributed by atoms with Gasteiger partial charge in [0.1, 0.15) is 5.75 Å². The number of hydrogen-bond acceptors (Lipinski definition) is 4. The molecule has 1 aromatic rings. The van der Waals surface area contributed by atoms with Crippen LogP contribution in [0.1, 0.15) is 19.3 Å². The summed E-state index contributed by atoms with van der Waals surface area (Å²) in [4.78, 5) is 22.9. The lowest BCUT2D eigenvalue weighted by Crippen LogP contribution is -2.20. The number of hydrogen-bond donors (Lipinski definition) is 1. The van der Waals surface area contributed by atoms with Crippen LogP contribution in [0.15, 0.2) is 24.3 Å². The highest BCUT2D eigenvalue weighted by Crippen LogP contribution is 2.14. The maximum atomic E-state index is 11.6. The zero-order valence-corrected chi connectivity index (χ0v) is 12.9. The molecule has 0 fully saturated rings. The predicted molar refractivity (Wildman–Crippen MR) is 80.2 cm³/mol. The monoisotopic (exact) mass is 343 g/mol. The van der Waals surface area contributed by atoms with E-state index >= 15 is 0 Å². The second-order valence-corrected chi connectivity index (χ2v) is 4.88. The van der Waals surface area contributed by atoms with Crippen LogP contribution in [0.3, 0.4) is 0 Å². The van der Waals surface area contributed by atoms with E-state index in [0.717, 1.165) is 18.2 Å². The molecule has 1 N–H and O–H groups in total. The Morgan fingerprint density at radius 1 is 1.20 bits per heavy atom. The van der Waals surface area contributed by atoms with Crippen LogP contribution in [0.4, 0.5) is 5.69 Å². The standard InChI is InChI=1S/C14H18BrNO4/c1-19-12-7-5-11(6-8-12)16-13(17)10-20-14(18)4-2-3-9-15/h5-8H,2-4,9-10H2,1H3,(H,16,17). The number of rotatable bonds is 8. The van der Waals surface area contributed by atoms with Crippen molar-refractivity contribution in [3.8, 4) is 5.75 Å². The van der Waals surface area contributed by atoms with Gasteiger partial charge in [0.05, 0.1) is 7.11 Å². The molecular formula is C14H18BrNO4. The van der Waals surface area contributed by atoms with E-state index in [1.54, 1.807) is 31.4 Å². The third kappa shape index (κ3) is 6.56. The normalized spacial score (nSPS) is 9.90. The van der Waals surface area contributed by atoms with Crippen molar-refractivity contribution < 1.29 is 19.1 Å². The molecule has 0 saturated heterocycles. The minimum atomic E-state index is -0.357. The van der Waals surface area contributed by atoms with Crippen molar-refractivity contribution >= 4 is 33.5 Å². The first-order chi connectivity index (χ1) is 9.65. The van der Waals surface area contributed by atoms with Gasteiger partial charge in [-0.3, -0.25) is 9.59 Å². The SMILES string of the molecule is COc1ccc(NC(=O)COC(=O)CCCCBr)cc1. The van der Waals surface area contributed by atoms with Crippen LogP contribution in [-0.2, 0) is 14.3 Å². The van der Waals surface area contributed by atoms with E-state index in [4.69, 9.17) is 9.47 Å². The van der Waals surface area contributed by atoms with Crippen molar-refractivity contribution in [2.45, 2.75) is 19.3 Å². The van der Waals surface area contributed by atoms with Gasteiger partial charge in [-0.25, -0.2) is 0 Å². The van der Waals surface area contributed by atoms with Gasteiger partial charge in [-0.1, -0.05) is 15.9 Å². The molecule has 0 radical (unpaired) electrons. The summed E-state index contributed by atoms with van der Waals surface area (Å²) in [6, 6.07) is 6.91. The molecule has 0 atom stereocenters. The number of carbonyl (C=O) groups excluding carboxylic acids is 2. The minimum Gasteiger partial charge on any atom is -0.497 e. The van der Waals surface area contributed by atoms with E-state index in [2.05, 4.69) is 21.2 Å². The van der Waals surface area contributed by atoms with E-state index in [1.807, 2.05) is 0 Å². The van der Waals surface area contributed by atoms with Gasteiger partial charge < -0.3 is 14.8 Å². The number of ether oxygens (including phenoxy) is 2. The number of methoxy groups -OCH3 is 1. The summed E-state index contributed by atoms with van der Waals surface area (Å²) in [6.45, 7) is -0.265. The van der Waals surface area contributed by atoms with Gasteiger partial charge in [-0.2, -0.15) is 0 Å². The van der Waals surface area contributed by atoms with Crippen molar-refractivity contribution in [1.82, 2.24) is 0 Å². The van der Waals surface area contributed by atoms with E-state index in [1.165, 1.54) is 0 Å². The molecule has 1 aromatic carbocycles. The third-order valence-electron chi connectivity index (χ3n) is 2.50. The fraction of sp³-hybridized carbons (Fsp3) is 0.429. The lowest BCUT2D eigenvalue weighted by atomic mass is 10.2. The zero-order chi connectivity index (χ0) is 14.8. The van der Waals surface area contributed by atoms with E-state index in [0.29, 0.717) is 17.9 Å². The molecule has 0 bridgehead atoms. The summed E-state index contributed by atoms with van der Waals surface area (Å²) >= 11 is 3.28. The van der Waals surface area contributed by atoms with Gasteiger partial charge in [0.2, 0.25) is 0 Å². The number of halogens is 1. The Balaban J connectivity index is 2.27. The minimum absolute atomic E-state index is 0.265. The van der Waals surface area contributed by atoms with Crippen molar-refractivity contribution in [1.29, 1.82) is 0 Å². The van der Waals surface area contributed by atoms with E-state index < -0.39 is 0 Å². The Morgan fingerprint density at radius 2 is 1.90 bits per heavy atom. The van der Waals surface area contributed by atoms with Crippen LogP contribution in [0.25, 0.3) is 0 Å². The average molecular weight is 344 g/mol. The lowest BCUT2D eigenvalue weighted by molar-refractivity contribution is -0.147. The zero-order valence-electron chi connectivity index (χ0n) is 11.4. The Hall–Kier alpha value is -1.56. The van der Waals surface area contributed by atoms with Crippen molar-refractivity contribution in [2.75, 3.05) is 24.4 Å². The summed E-state index contributed by atoms with van der Waals surface area (Å²) < 4.78 is 9.89. The quantitative estimate of drug-likeness (QED) is 0.447. The molecule has 1 rings (SSSR count). The highest BCUT2D eigenvalue weighted by molar-refractivity contribution is 9.09. The average Bonchev–Trinajstić information content (AvgIpc) is 2.46. The van der Waals surface area contributed by atoms with Gasteiger partial charge >= 0.3 is 5.97 Å². The Labute approximate surface area is 126 Å². The molecule has 0 aliphatic carbocycles. The van der Waals surface area contributed by atoms with E-state index in [9.17, 15) is 9.59 Å². The van der Waals surface area contributed by atoms with Crippen molar-refractivity contribution in [2.24, 2.45) is 0 Å². The molecule has 0 aromatic heterocycles. The topological polar surface area (TPSA) is 64.6 Å². The number of carbonyl (C=O) groups is 2. The maximum Gasteiger partial charge on any atom is 0.306 e. The largest absolute Gasteiger partial charge is 0.497 e. The molecule has 0 unspecified atom stereocenters. The lowest BCUT2D eigenvalue weighted by Gasteiger charge is -2.07. The number of unbranched alkanes of at least 4 members (excludes halogenated alkanes) is 1. The number of esters is 1. The summed E-state index contributed by atoms with van der Waals surface area (Å²) in [5, 5.41) is 3.50. The molecule has 0 aliphatic heterocycles. The fourth-order valence-corrected chi connectivity index (χ4v) is 1.85. The van der Waals surface area contributed by atoms with Gasteiger partial charge in [0.25, 0.3) is 5.91 Å². The van der Waals surface area contributed by atoms with Crippen molar-refractivity contribution in [3.63, 3.8) is 0 Å². The molecule has 5 nitrogen and oxygen atoms in total. The van der Waals surface area contributed by atoms with E-state index in [-0.39, 0.29) is 18.5 Å². The maximum absolute atomic E-state index is 11.6. The van der Waals surface area contributed by atoms with Crippen LogP contribution in [0.2, 0.25) is 0 Å². The third-order valence-corrected chi connectivity index (χ3v) is 3.06. The van der Waals surface area contributed by atoms with Crippen LogP contribution >= 0.6 is 15.9 Å². The molecule has 0 aliphatic rings. The van der Waals surface area contributed by atoms with Crippen LogP contribution < -0.4 is 10.1 Å². The second-order valence-electron chi connectivity index (χ2n) is 4.08. The van der Waals surface area contributed by atoms with Crippen molar-refractivity contribution in [3.05, 3.63) is 24.3 Å². The molecule has 20 heavy (non-hydrogen) atoms. The molecule has 1 amide bonds. The highest BCUT2D eigenvalue weighted by atomic mass is 79.9. The molecule has 0 heterocycles. The number of alkyl halides is 1. The summed E-state index contributed by atoms with van der Waals surface area (Å²) in [5.74, 6) is 0.000979. The molecular weight excluding hydrogens is 326 g/mol. The summed E-state index contributed by atoms with van der Waals surface area (Å²) in [7, 11) is 1.57. The number of nitrogens with one attached hydrogen (secondary N) is 1. The first kappa shape index (κ1) is 16.5. The Morgan fingerprint density at radius 3 is 2.50 bits per heavy atom. The van der Waals surface area contributed by atoms with Crippen LogP contribution in [-0.4, -0.2) is 30.9 Å². The first-order valence-electron chi connectivity index (χ1n) is 6.31. The molecule has 110 valence electrons. The highest BCUT2D eigenvalue weighted by Gasteiger charge is 2.07. The Bertz CT molecular complexity index is 433. The summed E-state index contributed by atoms with van der Waals surface area (Å²) in [6.07, 6.45) is 2.00. The van der Waals surface area contributed by atoms with Gasteiger partial charge in [0.15, 0.2) is 6.61 Å². The first-order valence-corrected chi connectivity index (χ1v) is 7.43.